The number of oxime groups is 1. The second kappa shape index (κ2) is 6.49. The third-order valence-corrected chi connectivity index (χ3v) is 8.51. The molecule has 4 aliphatic rings. The van der Waals surface area contributed by atoms with Crippen LogP contribution in [0.15, 0.2) is 28.5 Å². The summed E-state index contributed by atoms with van der Waals surface area (Å²) in [6.07, 6.45) is 12.6. The lowest BCUT2D eigenvalue weighted by atomic mass is 9.47. The monoisotopic (exact) mass is 371 g/mol. The number of esters is 1. The molecule has 0 aliphatic heterocycles. The lowest BCUT2D eigenvalue weighted by Gasteiger charge is -2.57. The highest BCUT2D eigenvalue weighted by atomic mass is 16.5. The Hall–Kier alpha value is -1.58. The molecule has 2 fully saturated rings. The first kappa shape index (κ1) is 18.8. The van der Waals surface area contributed by atoms with Gasteiger partial charge in [0, 0.05) is 13.3 Å². The molecule has 0 saturated heterocycles. The largest absolute Gasteiger partial charge is 0.462 e. The van der Waals surface area contributed by atoms with Gasteiger partial charge in [0.05, 0.1) is 5.71 Å². The Kier molecular flexibility index (Phi) is 4.51. The van der Waals surface area contributed by atoms with E-state index in [1.807, 2.05) is 6.92 Å². The Morgan fingerprint density at radius 2 is 1.85 bits per heavy atom. The Balaban J connectivity index is 1.59. The topological polar surface area (TPSA) is 58.9 Å². The van der Waals surface area contributed by atoms with Gasteiger partial charge in [0.15, 0.2) is 0 Å². The van der Waals surface area contributed by atoms with Gasteiger partial charge in [0.25, 0.3) is 0 Å². The average Bonchev–Trinajstić information content (AvgIpc) is 2.98. The third-order valence-electron chi connectivity index (χ3n) is 8.51. The first-order chi connectivity index (χ1) is 12.8. The molecule has 1 N–H and O–H groups in total. The minimum Gasteiger partial charge on any atom is -0.462 e. The van der Waals surface area contributed by atoms with Crippen LogP contribution in [0.25, 0.3) is 0 Å². The molecular weight excluding hydrogens is 338 g/mol. The third kappa shape index (κ3) is 2.78. The number of allylic oxidation sites excluding steroid dienone is 3. The highest BCUT2D eigenvalue weighted by Crippen LogP contribution is 2.65. The zero-order valence-corrected chi connectivity index (χ0v) is 17.1. The minimum atomic E-state index is -0.156. The van der Waals surface area contributed by atoms with E-state index in [1.165, 1.54) is 30.9 Å². The molecule has 148 valence electrons. The van der Waals surface area contributed by atoms with Crippen LogP contribution in [0, 0.1) is 28.6 Å². The van der Waals surface area contributed by atoms with Gasteiger partial charge in [-0.25, -0.2) is 0 Å². The van der Waals surface area contributed by atoms with Crippen LogP contribution < -0.4 is 0 Å². The quantitative estimate of drug-likeness (QED) is 0.237. The van der Waals surface area contributed by atoms with Gasteiger partial charge in [0.2, 0.25) is 0 Å². The molecule has 4 heteroatoms. The number of rotatable bonds is 2. The number of carbonyl (C=O) groups excluding carboxylic acids is 1. The van der Waals surface area contributed by atoms with E-state index in [9.17, 15) is 10.0 Å². The Bertz CT molecular complexity index is 736. The summed E-state index contributed by atoms with van der Waals surface area (Å²) in [4.78, 5) is 11.4. The van der Waals surface area contributed by atoms with E-state index in [2.05, 4.69) is 31.2 Å². The molecule has 0 amide bonds. The van der Waals surface area contributed by atoms with Crippen molar-refractivity contribution in [2.24, 2.45) is 33.7 Å². The molecule has 4 nitrogen and oxygen atoms in total. The molecule has 27 heavy (non-hydrogen) atoms. The summed E-state index contributed by atoms with van der Waals surface area (Å²) in [5.74, 6) is 1.90. The molecule has 6 unspecified atom stereocenters. The Morgan fingerprint density at radius 3 is 2.56 bits per heavy atom. The summed E-state index contributed by atoms with van der Waals surface area (Å²) in [7, 11) is 0. The number of ether oxygens (including phenoxy) is 1. The van der Waals surface area contributed by atoms with E-state index in [0.29, 0.717) is 17.8 Å². The van der Waals surface area contributed by atoms with Gasteiger partial charge in [-0.2, -0.15) is 0 Å². The summed E-state index contributed by atoms with van der Waals surface area (Å²) in [5, 5.41) is 12.8. The van der Waals surface area contributed by atoms with Crippen molar-refractivity contribution < 1.29 is 14.7 Å². The zero-order chi connectivity index (χ0) is 19.4. The first-order valence-electron chi connectivity index (χ1n) is 10.6. The van der Waals surface area contributed by atoms with Crippen LogP contribution in [-0.2, 0) is 9.53 Å². The van der Waals surface area contributed by atoms with Gasteiger partial charge in [-0.15, -0.1) is 0 Å². The highest BCUT2D eigenvalue weighted by molar-refractivity contribution is 5.99. The standard InChI is InChI=1S/C23H33NO3/c1-14(24-26)19-7-8-20-18-6-5-16-13-17(27-15(2)25)9-11-22(16,3)21(18)10-12-23(19,20)4/h5,7,17-18,20-21,26H,6,8-13H2,1-4H3/b24-14-. The van der Waals surface area contributed by atoms with Crippen LogP contribution in [0.4, 0.5) is 0 Å². The summed E-state index contributed by atoms with van der Waals surface area (Å²) < 4.78 is 5.53. The molecule has 2 saturated carbocycles. The van der Waals surface area contributed by atoms with Crippen LogP contribution in [0.5, 0.6) is 0 Å². The van der Waals surface area contributed by atoms with E-state index in [4.69, 9.17) is 4.74 Å². The molecule has 0 heterocycles. The van der Waals surface area contributed by atoms with E-state index in [-0.39, 0.29) is 22.9 Å². The maximum atomic E-state index is 11.4. The van der Waals surface area contributed by atoms with Gasteiger partial charge < -0.3 is 9.94 Å². The Morgan fingerprint density at radius 1 is 1.11 bits per heavy atom. The van der Waals surface area contributed by atoms with Gasteiger partial charge >= 0.3 is 5.97 Å². The maximum Gasteiger partial charge on any atom is 0.302 e. The molecule has 0 aromatic rings. The van der Waals surface area contributed by atoms with Gasteiger partial charge in [0.1, 0.15) is 6.10 Å². The van der Waals surface area contributed by atoms with Crippen molar-refractivity contribution in [2.45, 2.75) is 78.7 Å². The maximum absolute atomic E-state index is 11.4. The molecule has 0 aromatic heterocycles. The fraction of sp³-hybridized carbons (Fsp3) is 0.739. The summed E-state index contributed by atoms with van der Waals surface area (Å²) in [6, 6.07) is 0. The van der Waals surface area contributed by atoms with Gasteiger partial charge in [-0.3, -0.25) is 4.79 Å². The number of hydrogen-bond acceptors (Lipinski definition) is 4. The van der Waals surface area contributed by atoms with Crippen molar-refractivity contribution in [1.82, 2.24) is 0 Å². The molecule has 4 aliphatic carbocycles. The van der Waals surface area contributed by atoms with Crippen LogP contribution in [0.3, 0.4) is 0 Å². The molecule has 6 atom stereocenters. The summed E-state index contributed by atoms with van der Waals surface area (Å²) >= 11 is 0. The molecule has 0 radical (unpaired) electrons. The predicted octanol–water partition coefficient (Wildman–Crippen LogP) is 5.27. The van der Waals surface area contributed by atoms with Gasteiger partial charge in [-0.05, 0) is 79.6 Å². The second-order valence-corrected chi connectivity index (χ2v) is 9.73. The molecule has 4 rings (SSSR count). The fourth-order valence-corrected chi connectivity index (χ4v) is 7.14. The van der Waals surface area contributed by atoms with Crippen molar-refractivity contribution in [1.29, 1.82) is 0 Å². The van der Waals surface area contributed by atoms with Crippen molar-refractivity contribution in [3.8, 4) is 0 Å². The van der Waals surface area contributed by atoms with Crippen molar-refractivity contribution in [2.75, 3.05) is 0 Å². The SMILES string of the molecule is CC(=O)OC1CCC2(C)C(=CCC3C2CCC2(C)C(/C(C)=N\O)=CCC32)C1. The molecule has 0 bridgehead atoms. The fourth-order valence-electron chi connectivity index (χ4n) is 7.14. The second-order valence-electron chi connectivity index (χ2n) is 9.73. The zero-order valence-electron chi connectivity index (χ0n) is 17.1. The normalized spacial score (nSPS) is 43.8. The van der Waals surface area contributed by atoms with Crippen molar-refractivity contribution >= 4 is 11.7 Å². The first-order valence-corrected chi connectivity index (χ1v) is 10.6. The number of nitrogens with zero attached hydrogens (tertiary/aromatic N) is 1. The van der Waals surface area contributed by atoms with Gasteiger partial charge in [-0.1, -0.05) is 36.7 Å². The molecule has 0 spiro atoms. The summed E-state index contributed by atoms with van der Waals surface area (Å²) in [6.45, 7) is 8.30. The average molecular weight is 372 g/mol. The number of fused-ring (bicyclic) bond motifs is 5. The van der Waals surface area contributed by atoms with Crippen LogP contribution >= 0.6 is 0 Å². The number of carbonyl (C=O) groups is 1. The smallest absolute Gasteiger partial charge is 0.302 e. The highest BCUT2D eigenvalue weighted by Gasteiger charge is 2.57. The van der Waals surface area contributed by atoms with E-state index < -0.39 is 0 Å². The van der Waals surface area contributed by atoms with Crippen molar-refractivity contribution in [3.05, 3.63) is 23.3 Å². The van der Waals surface area contributed by atoms with Crippen LogP contribution in [0.2, 0.25) is 0 Å². The molecular formula is C23H33NO3. The summed E-state index contributed by atoms with van der Waals surface area (Å²) in [5.41, 5.74) is 3.99. The van der Waals surface area contributed by atoms with E-state index >= 15 is 0 Å². The minimum absolute atomic E-state index is 0.0652. The predicted molar refractivity (Wildman–Crippen MR) is 106 cm³/mol. The van der Waals surface area contributed by atoms with E-state index in [1.54, 1.807) is 0 Å². The Labute approximate surface area is 162 Å². The van der Waals surface area contributed by atoms with Crippen LogP contribution in [-0.4, -0.2) is 23.0 Å². The van der Waals surface area contributed by atoms with E-state index in [0.717, 1.165) is 37.8 Å². The lowest BCUT2D eigenvalue weighted by Crippen LogP contribution is -2.50. The van der Waals surface area contributed by atoms with Crippen molar-refractivity contribution in [3.63, 3.8) is 0 Å². The lowest BCUT2D eigenvalue weighted by molar-refractivity contribution is -0.148. The molecule has 0 aromatic carbocycles. The number of hydrogen-bond donors (Lipinski definition) is 1. The van der Waals surface area contributed by atoms with Crippen LogP contribution in [0.1, 0.15) is 72.6 Å².